The molecule has 4 nitrogen and oxygen atoms in total. The molecule has 0 bridgehead atoms. The standard InChI is InChI=1S/C10H14N2O2S/c1-15(13,14)12-10-6-2-4-9(8-10)5-3-7-11/h2-6,8,12H,7,11H2,1H3/b5-3+. The van der Waals surface area contributed by atoms with Gasteiger partial charge in [-0.25, -0.2) is 8.42 Å². The van der Waals surface area contributed by atoms with E-state index in [4.69, 9.17) is 5.73 Å². The van der Waals surface area contributed by atoms with E-state index in [9.17, 15) is 8.42 Å². The van der Waals surface area contributed by atoms with Gasteiger partial charge in [-0.05, 0) is 17.7 Å². The smallest absolute Gasteiger partial charge is 0.229 e. The average molecular weight is 226 g/mol. The Morgan fingerprint density at radius 2 is 2.20 bits per heavy atom. The van der Waals surface area contributed by atoms with Crippen molar-refractivity contribution in [3.63, 3.8) is 0 Å². The van der Waals surface area contributed by atoms with E-state index in [-0.39, 0.29) is 0 Å². The molecule has 1 aromatic carbocycles. The van der Waals surface area contributed by atoms with Crippen LogP contribution < -0.4 is 10.5 Å². The van der Waals surface area contributed by atoms with Crippen molar-refractivity contribution in [1.29, 1.82) is 0 Å². The Bertz CT molecular complexity index is 452. The number of benzene rings is 1. The first-order valence-electron chi connectivity index (χ1n) is 4.46. The third-order valence-corrected chi connectivity index (χ3v) is 2.24. The highest BCUT2D eigenvalue weighted by molar-refractivity contribution is 7.92. The van der Waals surface area contributed by atoms with E-state index in [1.807, 2.05) is 12.1 Å². The predicted octanol–water partition coefficient (Wildman–Crippen LogP) is 1.03. The Morgan fingerprint density at radius 1 is 1.47 bits per heavy atom. The number of anilines is 1. The highest BCUT2D eigenvalue weighted by Crippen LogP contribution is 2.12. The van der Waals surface area contributed by atoms with Gasteiger partial charge in [0.25, 0.3) is 0 Å². The molecule has 0 saturated carbocycles. The summed E-state index contributed by atoms with van der Waals surface area (Å²) in [5.41, 5.74) is 6.78. The van der Waals surface area contributed by atoms with Gasteiger partial charge >= 0.3 is 0 Å². The van der Waals surface area contributed by atoms with Crippen LogP contribution in [0.3, 0.4) is 0 Å². The van der Waals surface area contributed by atoms with Crippen molar-refractivity contribution in [3.8, 4) is 0 Å². The Morgan fingerprint density at radius 3 is 2.80 bits per heavy atom. The van der Waals surface area contributed by atoms with Crippen LogP contribution in [0.15, 0.2) is 30.3 Å². The van der Waals surface area contributed by atoms with Crippen molar-refractivity contribution >= 4 is 21.8 Å². The molecule has 0 spiro atoms. The number of nitrogens with one attached hydrogen (secondary N) is 1. The fourth-order valence-corrected chi connectivity index (χ4v) is 1.68. The van der Waals surface area contributed by atoms with Crippen LogP contribution in [0.4, 0.5) is 5.69 Å². The number of nitrogens with two attached hydrogens (primary N) is 1. The molecule has 1 rings (SSSR count). The van der Waals surface area contributed by atoms with E-state index in [1.165, 1.54) is 0 Å². The largest absolute Gasteiger partial charge is 0.327 e. The average Bonchev–Trinajstić information content (AvgIpc) is 2.12. The van der Waals surface area contributed by atoms with Crippen LogP contribution >= 0.6 is 0 Å². The number of hydrogen-bond donors (Lipinski definition) is 2. The fourth-order valence-electron chi connectivity index (χ4n) is 1.12. The van der Waals surface area contributed by atoms with Gasteiger partial charge in [0.2, 0.25) is 10.0 Å². The van der Waals surface area contributed by atoms with Gasteiger partial charge < -0.3 is 5.73 Å². The van der Waals surface area contributed by atoms with Crippen LogP contribution in [-0.4, -0.2) is 21.2 Å². The van der Waals surface area contributed by atoms with Crippen molar-refractivity contribution < 1.29 is 8.42 Å². The van der Waals surface area contributed by atoms with Crippen molar-refractivity contribution in [2.45, 2.75) is 0 Å². The van der Waals surface area contributed by atoms with Crippen molar-refractivity contribution in [2.24, 2.45) is 5.73 Å². The van der Waals surface area contributed by atoms with Crippen LogP contribution in [0, 0.1) is 0 Å². The van der Waals surface area contributed by atoms with Crippen molar-refractivity contribution in [2.75, 3.05) is 17.5 Å². The minimum atomic E-state index is -3.21. The monoisotopic (exact) mass is 226 g/mol. The highest BCUT2D eigenvalue weighted by Gasteiger charge is 2.00. The fraction of sp³-hybridized carbons (Fsp3) is 0.200. The molecule has 15 heavy (non-hydrogen) atoms. The molecule has 0 saturated heterocycles. The first-order chi connectivity index (χ1) is 7.01. The molecule has 0 amide bonds. The zero-order valence-electron chi connectivity index (χ0n) is 8.47. The lowest BCUT2D eigenvalue weighted by atomic mass is 10.2. The molecule has 0 atom stereocenters. The summed E-state index contributed by atoms with van der Waals surface area (Å²) < 4.78 is 24.4. The third-order valence-electron chi connectivity index (χ3n) is 1.64. The summed E-state index contributed by atoms with van der Waals surface area (Å²) in [4.78, 5) is 0. The molecule has 0 unspecified atom stereocenters. The summed E-state index contributed by atoms with van der Waals surface area (Å²) in [6.07, 6.45) is 4.77. The summed E-state index contributed by atoms with van der Waals surface area (Å²) in [6.45, 7) is 0.462. The second-order valence-electron chi connectivity index (χ2n) is 3.14. The first-order valence-corrected chi connectivity index (χ1v) is 6.35. The van der Waals surface area contributed by atoms with Crippen LogP contribution in [0.1, 0.15) is 5.56 Å². The molecule has 0 radical (unpaired) electrons. The van der Waals surface area contributed by atoms with E-state index in [0.717, 1.165) is 11.8 Å². The van der Waals surface area contributed by atoms with Gasteiger partial charge in [0.15, 0.2) is 0 Å². The summed E-state index contributed by atoms with van der Waals surface area (Å²) in [5, 5.41) is 0. The van der Waals surface area contributed by atoms with Gasteiger partial charge in [0.1, 0.15) is 0 Å². The number of sulfonamides is 1. The van der Waals surface area contributed by atoms with Gasteiger partial charge in [-0.1, -0.05) is 24.3 Å². The third kappa shape index (κ3) is 4.62. The Hall–Kier alpha value is -1.33. The van der Waals surface area contributed by atoms with E-state index in [1.54, 1.807) is 24.3 Å². The maximum atomic E-state index is 11.0. The lowest BCUT2D eigenvalue weighted by Gasteiger charge is -2.03. The molecule has 0 fully saturated rings. The van der Waals surface area contributed by atoms with Crippen LogP contribution in [-0.2, 0) is 10.0 Å². The van der Waals surface area contributed by atoms with Crippen molar-refractivity contribution in [1.82, 2.24) is 0 Å². The van der Waals surface area contributed by atoms with Gasteiger partial charge in [-0.3, -0.25) is 4.72 Å². The maximum Gasteiger partial charge on any atom is 0.229 e. The lowest BCUT2D eigenvalue weighted by molar-refractivity contribution is 0.607. The highest BCUT2D eigenvalue weighted by atomic mass is 32.2. The Balaban J connectivity index is 2.88. The van der Waals surface area contributed by atoms with Crippen molar-refractivity contribution in [3.05, 3.63) is 35.9 Å². The molecule has 3 N–H and O–H groups in total. The molecular weight excluding hydrogens is 212 g/mol. The summed E-state index contributed by atoms with van der Waals surface area (Å²) in [5.74, 6) is 0. The van der Waals surface area contributed by atoms with Gasteiger partial charge in [0.05, 0.1) is 6.26 Å². The maximum absolute atomic E-state index is 11.0. The van der Waals surface area contributed by atoms with E-state index in [2.05, 4.69) is 4.72 Å². The molecule has 0 aliphatic heterocycles. The molecule has 82 valence electrons. The van der Waals surface area contributed by atoms with E-state index < -0.39 is 10.0 Å². The Labute approximate surface area is 89.9 Å². The van der Waals surface area contributed by atoms with Crippen LogP contribution in [0.25, 0.3) is 6.08 Å². The quantitative estimate of drug-likeness (QED) is 0.805. The summed E-state index contributed by atoms with van der Waals surface area (Å²) in [6, 6.07) is 7.09. The molecule has 0 aliphatic carbocycles. The second kappa shape index (κ2) is 4.95. The number of rotatable bonds is 4. The molecule has 0 aliphatic rings. The summed E-state index contributed by atoms with van der Waals surface area (Å²) in [7, 11) is -3.21. The van der Waals surface area contributed by atoms with E-state index in [0.29, 0.717) is 12.2 Å². The zero-order chi connectivity index (χ0) is 11.3. The molecular formula is C10H14N2O2S. The van der Waals surface area contributed by atoms with Crippen LogP contribution in [0.5, 0.6) is 0 Å². The topological polar surface area (TPSA) is 72.2 Å². The second-order valence-corrected chi connectivity index (χ2v) is 4.89. The molecule has 1 aromatic rings. The summed E-state index contributed by atoms with van der Waals surface area (Å²) >= 11 is 0. The molecule has 5 heteroatoms. The van der Waals surface area contributed by atoms with Gasteiger partial charge in [-0.2, -0.15) is 0 Å². The number of hydrogen-bond acceptors (Lipinski definition) is 3. The normalized spacial score (nSPS) is 11.9. The predicted molar refractivity (Wildman–Crippen MR) is 63.0 cm³/mol. The molecule has 0 heterocycles. The SMILES string of the molecule is CS(=O)(=O)Nc1cccc(/C=C/CN)c1. The van der Waals surface area contributed by atoms with Gasteiger partial charge in [0, 0.05) is 12.2 Å². The van der Waals surface area contributed by atoms with E-state index >= 15 is 0 Å². The van der Waals surface area contributed by atoms with Crippen LogP contribution in [0.2, 0.25) is 0 Å². The molecule has 0 aromatic heterocycles. The minimum absolute atomic E-state index is 0.462. The zero-order valence-corrected chi connectivity index (χ0v) is 9.29. The van der Waals surface area contributed by atoms with Gasteiger partial charge in [-0.15, -0.1) is 0 Å². The first kappa shape index (κ1) is 11.7. The lowest BCUT2D eigenvalue weighted by Crippen LogP contribution is -2.09. The minimum Gasteiger partial charge on any atom is -0.327 e. The Kier molecular flexibility index (Phi) is 3.88.